The number of nitrogens with zero attached hydrogens (tertiary/aromatic N) is 2. The number of sulfonamides is 1. The Kier molecular flexibility index (Phi) is 12.4. The summed E-state index contributed by atoms with van der Waals surface area (Å²) in [6.07, 6.45) is 2.74. The molecule has 0 radical (unpaired) electrons. The van der Waals surface area contributed by atoms with E-state index in [9.17, 15) is 37.2 Å². The molecule has 0 unspecified atom stereocenters. The van der Waals surface area contributed by atoms with Crippen LogP contribution in [0.2, 0.25) is 0 Å². The Morgan fingerprint density at radius 1 is 1.03 bits per heavy atom. The fourth-order valence-corrected chi connectivity index (χ4v) is 9.29. The van der Waals surface area contributed by atoms with Crippen LogP contribution in [0.1, 0.15) is 104 Å². The average molecular weight is 843 g/mol. The minimum atomic E-state index is -3.92. The Morgan fingerprint density at radius 3 is 2.41 bits per heavy atom. The fourth-order valence-electron chi connectivity index (χ4n) is 7.92. The maximum atomic E-state index is 14.8. The van der Waals surface area contributed by atoms with Crippen LogP contribution in [-0.4, -0.2) is 114 Å². The van der Waals surface area contributed by atoms with Gasteiger partial charge in [-0.1, -0.05) is 64.5 Å². The average Bonchev–Trinajstić information content (AvgIpc) is 4.03. The van der Waals surface area contributed by atoms with Gasteiger partial charge in [0.2, 0.25) is 27.7 Å². The van der Waals surface area contributed by atoms with Gasteiger partial charge in [-0.2, -0.15) is 0 Å². The highest BCUT2D eigenvalue weighted by Crippen LogP contribution is 2.47. The number of amides is 6. The zero-order valence-corrected chi connectivity index (χ0v) is 35.7. The number of hydrogen-bond donors (Lipinski definition) is 4. The third kappa shape index (κ3) is 10.2. The summed E-state index contributed by atoms with van der Waals surface area (Å²) in [7, 11) is -3.92. The van der Waals surface area contributed by atoms with Crippen LogP contribution in [0.15, 0.2) is 24.3 Å². The van der Waals surface area contributed by atoms with E-state index in [1.54, 1.807) is 46.4 Å². The highest BCUT2D eigenvalue weighted by atomic mass is 32.2. The van der Waals surface area contributed by atoms with Crippen LogP contribution in [0.4, 0.5) is 9.59 Å². The quantitative estimate of drug-likeness (QED) is 0.313. The molecule has 17 nitrogen and oxygen atoms in total. The van der Waals surface area contributed by atoms with Crippen LogP contribution in [0.25, 0.3) is 6.08 Å². The number of ether oxygens (including phenoxy) is 3. The van der Waals surface area contributed by atoms with E-state index in [4.69, 9.17) is 14.2 Å². The minimum absolute atomic E-state index is 0.0334. The smallest absolute Gasteiger partial charge is 0.410 e. The van der Waals surface area contributed by atoms with Gasteiger partial charge < -0.3 is 35.1 Å². The fraction of sp³-hybridized carbons (Fsp3) is 0.659. The van der Waals surface area contributed by atoms with Crippen LogP contribution >= 0.6 is 0 Å². The molecule has 4 bridgehead atoms. The van der Waals surface area contributed by atoms with Crippen LogP contribution in [-0.2, 0) is 56.5 Å². The summed E-state index contributed by atoms with van der Waals surface area (Å²) in [6, 6.07) is 2.04. The second kappa shape index (κ2) is 16.7. The monoisotopic (exact) mass is 842 g/mol. The van der Waals surface area contributed by atoms with Gasteiger partial charge in [-0.15, -0.1) is 0 Å². The molecular formula is C41H58N6O11S. The molecule has 4 N–H and O–H groups in total. The third-order valence-electron chi connectivity index (χ3n) is 11.4. The molecule has 6 amide bonds. The largest absolute Gasteiger partial charge is 0.444 e. The van der Waals surface area contributed by atoms with Crippen molar-refractivity contribution in [2.75, 3.05) is 19.8 Å². The summed E-state index contributed by atoms with van der Waals surface area (Å²) in [6.45, 7) is 12.7. The summed E-state index contributed by atoms with van der Waals surface area (Å²) in [5.41, 5.74) is -0.569. The lowest BCUT2D eigenvalue weighted by Crippen LogP contribution is -2.61. The standard InChI is InChI=1S/C41H58N6O11S/c1-8-26-20-41(26,36(51)45-59(54,55)28-14-15-28)44-34(49)31-19-27-22-47(31)35(50)32(39(2,3)4)43-33(48)30(42-37(52)58-40(5,6)7)16-18-56-17-10-13-24-11-9-12-25-21-46(23-29(24)25)38(53)57-27/h9-13,26-28,30-32H,8,14-23H2,1-7H3,(H,42,52)(H,43,48)(H,44,49)(H,45,51)/b13-10+/t26-,27-,30+,31+,32-,41-/m1/s1. The Morgan fingerprint density at radius 2 is 1.76 bits per heavy atom. The molecule has 59 heavy (non-hydrogen) atoms. The van der Waals surface area contributed by atoms with E-state index < -0.39 is 91.9 Å². The van der Waals surface area contributed by atoms with E-state index >= 15 is 0 Å². The first-order valence-electron chi connectivity index (χ1n) is 20.4. The molecule has 324 valence electrons. The summed E-state index contributed by atoms with van der Waals surface area (Å²) in [4.78, 5) is 86.4. The summed E-state index contributed by atoms with van der Waals surface area (Å²) in [5.74, 6) is -3.27. The topological polar surface area (TPSA) is 219 Å². The minimum Gasteiger partial charge on any atom is -0.444 e. The molecule has 18 heteroatoms. The van der Waals surface area contributed by atoms with Crippen molar-refractivity contribution in [1.29, 1.82) is 0 Å². The number of nitrogens with one attached hydrogen (secondary N) is 4. The summed E-state index contributed by atoms with van der Waals surface area (Å²) >= 11 is 0. The van der Waals surface area contributed by atoms with Crippen LogP contribution in [0.3, 0.4) is 0 Å². The maximum absolute atomic E-state index is 14.8. The van der Waals surface area contributed by atoms with Crippen LogP contribution < -0.4 is 20.7 Å². The molecule has 6 rings (SSSR count). The molecule has 1 saturated heterocycles. The van der Waals surface area contributed by atoms with Gasteiger partial charge in [-0.05, 0) is 68.1 Å². The number of alkyl carbamates (subject to hydrolysis) is 1. The van der Waals surface area contributed by atoms with E-state index in [2.05, 4.69) is 20.7 Å². The van der Waals surface area contributed by atoms with Crippen molar-refractivity contribution < 1.29 is 51.4 Å². The predicted molar refractivity (Wildman–Crippen MR) is 214 cm³/mol. The van der Waals surface area contributed by atoms with Crippen molar-refractivity contribution in [3.63, 3.8) is 0 Å². The second-order valence-corrected chi connectivity index (χ2v) is 20.3. The van der Waals surface area contributed by atoms with Crippen molar-refractivity contribution in [2.24, 2.45) is 11.3 Å². The van der Waals surface area contributed by atoms with Gasteiger partial charge in [-0.25, -0.2) is 18.0 Å². The Bertz CT molecular complexity index is 1990. The highest BCUT2D eigenvalue weighted by molar-refractivity contribution is 7.91. The lowest BCUT2D eigenvalue weighted by atomic mass is 9.85. The van der Waals surface area contributed by atoms with Crippen molar-refractivity contribution in [3.8, 4) is 0 Å². The Hall–Kier alpha value is -4.71. The number of fused-ring (bicyclic) bond motifs is 3. The van der Waals surface area contributed by atoms with Gasteiger partial charge in [0.05, 0.1) is 24.9 Å². The van der Waals surface area contributed by atoms with E-state index in [1.165, 1.54) is 4.90 Å². The molecule has 3 heterocycles. The number of carbonyl (C=O) groups is 6. The zero-order chi connectivity index (χ0) is 43.1. The molecule has 2 saturated carbocycles. The number of benzene rings is 1. The Labute approximate surface area is 345 Å². The zero-order valence-electron chi connectivity index (χ0n) is 34.9. The van der Waals surface area contributed by atoms with Crippen molar-refractivity contribution in [2.45, 2.75) is 141 Å². The lowest BCUT2D eigenvalue weighted by Gasteiger charge is -2.36. The molecule has 0 spiro atoms. The SMILES string of the molecule is CC[C@@H]1C[C@]1(NC(=O)[C@@H]1C[C@@H]2CN1C(=O)[C@H](C(C)(C)C)NC(=O)[C@@H](NC(=O)OC(C)(C)C)CCOC/C=C/c1cccc3c1CN(C3)C(=O)O2)C(=O)NS(=O)(=O)C1CC1. The van der Waals surface area contributed by atoms with Crippen LogP contribution in [0, 0.1) is 11.3 Å². The normalized spacial score (nSPS) is 28.5. The molecule has 6 atom stereocenters. The van der Waals surface area contributed by atoms with E-state index in [-0.39, 0.29) is 58.0 Å². The first kappa shape index (κ1) is 43.9. The van der Waals surface area contributed by atoms with Gasteiger partial charge in [0.15, 0.2) is 0 Å². The second-order valence-electron chi connectivity index (χ2n) is 18.3. The van der Waals surface area contributed by atoms with E-state index in [0.29, 0.717) is 19.3 Å². The summed E-state index contributed by atoms with van der Waals surface area (Å²) < 4.78 is 45.0. The Balaban J connectivity index is 1.31. The summed E-state index contributed by atoms with van der Waals surface area (Å²) in [5, 5.41) is 7.57. The predicted octanol–water partition coefficient (Wildman–Crippen LogP) is 2.86. The molecule has 3 aliphatic heterocycles. The number of rotatable bonds is 7. The number of carbonyl (C=O) groups excluding carboxylic acids is 6. The first-order chi connectivity index (χ1) is 27.6. The molecule has 3 fully saturated rings. The third-order valence-corrected chi connectivity index (χ3v) is 13.2. The van der Waals surface area contributed by atoms with Gasteiger partial charge in [-0.3, -0.25) is 28.8 Å². The first-order valence-corrected chi connectivity index (χ1v) is 22.0. The van der Waals surface area contributed by atoms with Crippen molar-refractivity contribution in [3.05, 3.63) is 41.0 Å². The molecule has 0 aromatic heterocycles. The maximum Gasteiger partial charge on any atom is 0.410 e. The van der Waals surface area contributed by atoms with Gasteiger partial charge >= 0.3 is 12.2 Å². The molecule has 5 aliphatic rings. The molecule has 1 aromatic rings. The van der Waals surface area contributed by atoms with Gasteiger partial charge in [0, 0.05) is 26.0 Å². The lowest BCUT2D eigenvalue weighted by molar-refractivity contribution is -0.145. The molecule has 2 aliphatic carbocycles. The van der Waals surface area contributed by atoms with E-state index in [1.807, 2.05) is 37.3 Å². The van der Waals surface area contributed by atoms with Gasteiger partial charge in [0.25, 0.3) is 5.91 Å². The van der Waals surface area contributed by atoms with Crippen molar-refractivity contribution >= 4 is 51.9 Å². The van der Waals surface area contributed by atoms with Crippen LogP contribution in [0.5, 0.6) is 0 Å². The van der Waals surface area contributed by atoms with Gasteiger partial charge in [0.1, 0.15) is 35.4 Å². The number of hydrogen-bond acceptors (Lipinski definition) is 11. The molecule has 1 aromatic carbocycles. The highest BCUT2D eigenvalue weighted by Gasteiger charge is 2.62. The van der Waals surface area contributed by atoms with E-state index in [0.717, 1.165) is 16.7 Å². The molecular weight excluding hydrogens is 785 g/mol. The van der Waals surface area contributed by atoms with Crippen molar-refractivity contribution in [1.82, 2.24) is 30.5 Å².